The Morgan fingerprint density at radius 1 is 0.532 bits per heavy atom. The van der Waals surface area contributed by atoms with E-state index < -0.39 is 81.6 Å². The first-order valence-corrected chi connectivity index (χ1v) is 29.4. The van der Waals surface area contributed by atoms with Gasteiger partial charge in [0, 0.05) is 79.5 Å². The van der Waals surface area contributed by atoms with Crippen molar-refractivity contribution in [2.24, 2.45) is 10.8 Å². The predicted molar refractivity (Wildman–Crippen MR) is 322 cm³/mol. The number of alkyl halides is 4. The highest BCUT2D eigenvalue weighted by atomic mass is 35.5. The second-order valence-corrected chi connectivity index (χ2v) is 24.4. The van der Waals surface area contributed by atoms with Crippen LogP contribution in [-0.2, 0) is 35.5 Å². The first-order valence-electron chi connectivity index (χ1n) is 28.7. The number of rotatable bonds is 18. The smallest absolute Gasteiger partial charge is 0.335 e. The summed E-state index contributed by atoms with van der Waals surface area (Å²) in [6.07, 6.45) is -3.07. The lowest BCUT2D eigenvalue weighted by Crippen LogP contribution is -2.27. The van der Waals surface area contributed by atoms with Gasteiger partial charge in [0.15, 0.2) is 11.6 Å². The van der Waals surface area contributed by atoms with Crippen LogP contribution in [0.5, 0.6) is 12.0 Å². The third-order valence-corrected chi connectivity index (χ3v) is 16.9. The summed E-state index contributed by atoms with van der Waals surface area (Å²) in [6, 6.07) is 17.4. The van der Waals surface area contributed by atoms with E-state index in [2.05, 4.69) is 29.9 Å². The SMILES string of the molecule is CC1(C)COCC1n1c(Cc2cc(F)c(-c3ccnc(OCc4ccc(C(F)F)cc4F)n3)cc2Cl)nc2c(F)cc(C(=O)O)cc21.CC1(C)COCC1n1c(Cc2cc(F)c(-c3ccnc(OCc4ccc(C(F)F)cc4F)n3)cc2Cl)nc2c(F)cc(C(=O)O)cc21. The summed E-state index contributed by atoms with van der Waals surface area (Å²) < 4.78 is 167. The largest absolute Gasteiger partial charge is 0.478 e. The van der Waals surface area contributed by atoms with E-state index in [4.69, 9.17) is 42.1 Å². The Labute approximate surface area is 537 Å². The van der Waals surface area contributed by atoms with Crippen molar-refractivity contribution < 1.29 is 82.7 Å². The molecule has 6 aromatic carbocycles. The molecule has 2 unspecified atom stereocenters. The van der Waals surface area contributed by atoms with E-state index in [1.54, 1.807) is 9.13 Å². The van der Waals surface area contributed by atoms with Crippen LogP contribution in [0, 0.1) is 45.7 Å². The Morgan fingerprint density at radius 3 is 1.27 bits per heavy atom. The maximum atomic E-state index is 15.6. The standard InChI is InChI=1S/2C33H26ClF5N4O4/c2*1-33(2)15-46-14-27(33)43-26-10-19(31(44)45)9-24(37)29(26)42-28(43)11-18-8-23(36)20(12-21(18)34)25-5-6-40-32(41-25)47-13-17-4-3-16(30(38)39)7-22(17)35/h2*3-10,12,27,30H,11,13-15H2,1-2H3,(H,44,45). The Bertz CT molecular complexity index is 4330. The lowest BCUT2D eigenvalue weighted by atomic mass is 9.87. The summed E-state index contributed by atoms with van der Waals surface area (Å²) in [6.45, 7) is 8.53. The monoisotopic (exact) mass is 1340 g/mol. The quantitative estimate of drug-likeness (QED) is 0.0769. The molecule has 16 nitrogen and oxygen atoms in total. The average molecular weight is 1350 g/mol. The summed E-state index contributed by atoms with van der Waals surface area (Å²) in [5.41, 5.74) is -0.864. The van der Waals surface area contributed by atoms with Crippen LogP contribution in [0.1, 0.15) is 118 Å². The number of fused-ring (bicyclic) bond motifs is 2. The number of aromatic nitrogens is 8. The predicted octanol–water partition coefficient (Wildman–Crippen LogP) is 15.9. The minimum Gasteiger partial charge on any atom is -0.478 e. The second kappa shape index (κ2) is 26.6. The number of aromatic carboxylic acids is 2. The van der Waals surface area contributed by atoms with E-state index >= 15 is 17.6 Å². The first kappa shape index (κ1) is 66.2. The van der Waals surface area contributed by atoms with Crippen LogP contribution < -0.4 is 9.47 Å². The molecule has 6 heterocycles. The number of halogens is 12. The summed E-state index contributed by atoms with van der Waals surface area (Å²) >= 11 is 13.3. The normalized spacial score (nSPS) is 15.9. The fraction of sp³-hybridized carbons (Fsp3) is 0.273. The van der Waals surface area contributed by atoms with Crippen molar-refractivity contribution >= 4 is 57.2 Å². The van der Waals surface area contributed by atoms with Crippen molar-refractivity contribution in [3.05, 3.63) is 211 Å². The zero-order chi connectivity index (χ0) is 67.2. The molecule has 0 saturated carbocycles. The molecule has 2 saturated heterocycles. The highest BCUT2D eigenvalue weighted by Crippen LogP contribution is 2.44. The fourth-order valence-corrected chi connectivity index (χ4v) is 11.6. The highest BCUT2D eigenvalue weighted by Gasteiger charge is 2.41. The number of carboxylic acids is 2. The number of hydrogen-bond acceptors (Lipinski definition) is 12. The van der Waals surface area contributed by atoms with Crippen molar-refractivity contribution in [2.45, 2.75) is 78.7 Å². The molecule has 0 radical (unpaired) electrons. The van der Waals surface area contributed by atoms with E-state index in [9.17, 15) is 46.1 Å². The molecule has 10 aromatic rings. The molecule has 2 aliphatic rings. The molecule has 2 fully saturated rings. The molecule has 0 amide bonds. The van der Waals surface area contributed by atoms with Gasteiger partial charge >= 0.3 is 24.0 Å². The Morgan fingerprint density at radius 2 is 0.926 bits per heavy atom. The van der Waals surface area contributed by atoms with Crippen molar-refractivity contribution in [1.29, 1.82) is 0 Å². The Balaban J connectivity index is 0.000000192. The van der Waals surface area contributed by atoms with Crippen LogP contribution >= 0.6 is 23.2 Å². The van der Waals surface area contributed by atoms with Gasteiger partial charge in [-0.15, -0.1) is 0 Å². The van der Waals surface area contributed by atoms with Crippen molar-refractivity contribution in [3.63, 3.8) is 0 Å². The van der Waals surface area contributed by atoms with Crippen LogP contribution in [0.15, 0.2) is 109 Å². The molecule has 0 bridgehead atoms. The lowest BCUT2D eigenvalue weighted by Gasteiger charge is -2.28. The van der Waals surface area contributed by atoms with E-state index in [0.29, 0.717) is 36.0 Å². The minimum absolute atomic E-state index is 0.000350. The third-order valence-electron chi connectivity index (χ3n) is 16.2. The Kier molecular flexibility index (Phi) is 18.8. The van der Waals surface area contributed by atoms with Crippen LogP contribution in [0.3, 0.4) is 0 Å². The third kappa shape index (κ3) is 13.7. The van der Waals surface area contributed by atoms with Crippen LogP contribution in [0.25, 0.3) is 44.6 Å². The second-order valence-electron chi connectivity index (χ2n) is 23.6. The van der Waals surface area contributed by atoms with Crippen LogP contribution in [0.2, 0.25) is 10.0 Å². The summed E-state index contributed by atoms with van der Waals surface area (Å²) in [5, 5.41) is 19.4. The molecule has 4 aromatic heterocycles. The number of carboxylic acid groups (broad SMARTS) is 2. The fourth-order valence-electron chi connectivity index (χ4n) is 11.2. The maximum absolute atomic E-state index is 15.6. The van der Waals surface area contributed by atoms with Gasteiger partial charge in [0.1, 0.15) is 59.2 Å². The molecule has 2 N–H and O–H groups in total. The number of carbonyl (C=O) groups is 2. The van der Waals surface area contributed by atoms with Gasteiger partial charge in [0.05, 0.1) is 72.1 Å². The van der Waals surface area contributed by atoms with Gasteiger partial charge in [-0.25, -0.2) is 73.4 Å². The molecule has 488 valence electrons. The first-order chi connectivity index (χ1) is 44.6. The zero-order valence-corrected chi connectivity index (χ0v) is 51.3. The molecule has 28 heteroatoms. The van der Waals surface area contributed by atoms with Crippen molar-refractivity contribution in [1.82, 2.24) is 39.0 Å². The number of imidazole rings is 2. The lowest BCUT2D eigenvalue weighted by molar-refractivity contribution is 0.0686. The molecule has 2 aliphatic heterocycles. The number of benzene rings is 6. The van der Waals surface area contributed by atoms with Gasteiger partial charge in [0.2, 0.25) is 0 Å². The molecule has 2 atom stereocenters. The summed E-state index contributed by atoms with van der Waals surface area (Å²) in [5.74, 6) is -6.68. The number of hydrogen-bond donors (Lipinski definition) is 2. The van der Waals surface area contributed by atoms with Crippen LogP contribution in [-0.4, -0.2) is 87.6 Å². The van der Waals surface area contributed by atoms with Gasteiger partial charge in [-0.2, -0.15) is 9.97 Å². The maximum Gasteiger partial charge on any atom is 0.335 e. The summed E-state index contributed by atoms with van der Waals surface area (Å²) in [4.78, 5) is 48.8. The zero-order valence-electron chi connectivity index (χ0n) is 49.8. The molecule has 0 aliphatic carbocycles. The van der Waals surface area contributed by atoms with Crippen LogP contribution in [0.4, 0.5) is 43.9 Å². The average Bonchev–Trinajstić information content (AvgIpc) is 1.59. The van der Waals surface area contributed by atoms with Crippen molar-refractivity contribution in [2.75, 3.05) is 26.4 Å². The van der Waals surface area contributed by atoms with Crippen molar-refractivity contribution in [3.8, 4) is 34.5 Å². The molecule has 12 rings (SSSR count). The minimum atomic E-state index is -2.82. The van der Waals surface area contributed by atoms with Gasteiger partial charge in [-0.3, -0.25) is 0 Å². The van der Waals surface area contributed by atoms with Gasteiger partial charge in [-0.05, 0) is 83.9 Å². The van der Waals surface area contributed by atoms with E-state index in [-0.39, 0.29) is 140 Å². The highest BCUT2D eigenvalue weighted by molar-refractivity contribution is 6.32. The van der Waals surface area contributed by atoms with E-state index in [0.717, 1.165) is 36.4 Å². The molecular weight excluding hydrogens is 1290 g/mol. The Hall–Kier alpha value is -9.24. The van der Waals surface area contributed by atoms with Gasteiger partial charge in [0.25, 0.3) is 12.9 Å². The van der Waals surface area contributed by atoms with E-state index in [1.807, 2.05) is 27.7 Å². The molecular formula is C66H52Cl2F10N8O8. The topological polar surface area (TPSA) is 199 Å². The number of nitrogens with zero attached hydrogens (tertiary/aromatic N) is 8. The van der Waals surface area contributed by atoms with E-state index in [1.165, 1.54) is 73.1 Å². The number of ether oxygens (including phenoxy) is 4. The van der Waals surface area contributed by atoms with Gasteiger partial charge < -0.3 is 38.3 Å². The van der Waals surface area contributed by atoms with Gasteiger partial charge in [-0.1, -0.05) is 75.2 Å². The summed E-state index contributed by atoms with van der Waals surface area (Å²) in [7, 11) is 0. The molecule has 94 heavy (non-hydrogen) atoms. The molecule has 0 spiro atoms.